The van der Waals surface area contributed by atoms with Crippen LogP contribution in [0.25, 0.3) is 10.6 Å². The van der Waals surface area contributed by atoms with Crippen molar-refractivity contribution in [2.75, 3.05) is 17.2 Å². The van der Waals surface area contributed by atoms with Gasteiger partial charge in [0.15, 0.2) is 10.3 Å². The molecule has 1 aliphatic carbocycles. The van der Waals surface area contributed by atoms with E-state index in [-0.39, 0.29) is 12.5 Å². The van der Waals surface area contributed by atoms with E-state index in [1.54, 1.807) is 11.3 Å². The minimum Gasteiger partial charge on any atom is -0.396 e. The first-order chi connectivity index (χ1) is 11.6. The molecule has 0 aromatic carbocycles. The number of anilines is 2. The minimum atomic E-state index is -0.122. The van der Waals surface area contributed by atoms with Crippen molar-refractivity contribution in [3.8, 4) is 10.6 Å². The molecule has 1 amide bonds. The number of amides is 1. The standard InChI is InChI=1S/C16H22N4O2S2/c1-9-14(24-16(17-9)18-10(2)22)13-8-23-15(20-13)19-12-6-4-3-5-11(12)7-21/h8,11-12,21H,3-7H2,1-2H3,(H,19,20)(H,17,18,22)/t11-,12-/m1/s1. The molecule has 0 spiro atoms. The van der Waals surface area contributed by atoms with Crippen LogP contribution in [0.3, 0.4) is 0 Å². The first-order valence-electron chi connectivity index (χ1n) is 8.15. The number of nitrogens with one attached hydrogen (secondary N) is 2. The topological polar surface area (TPSA) is 87.1 Å². The maximum atomic E-state index is 11.2. The molecule has 3 N–H and O–H groups in total. The van der Waals surface area contributed by atoms with E-state index < -0.39 is 0 Å². The predicted octanol–water partition coefficient (Wildman–Crippen LogP) is 3.50. The lowest BCUT2D eigenvalue weighted by Gasteiger charge is -2.30. The zero-order chi connectivity index (χ0) is 17.1. The first-order valence-corrected chi connectivity index (χ1v) is 9.84. The van der Waals surface area contributed by atoms with Gasteiger partial charge in [-0.05, 0) is 19.8 Å². The summed E-state index contributed by atoms with van der Waals surface area (Å²) in [6.45, 7) is 3.62. The summed E-state index contributed by atoms with van der Waals surface area (Å²) in [5.41, 5.74) is 1.75. The van der Waals surface area contributed by atoms with Crippen molar-refractivity contribution in [1.82, 2.24) is 9.97 Å². The molecular weight excluding hydrogens is 344 g/mol. The quantitative estimate of drug-likeness (QED) is 0.754. The van der Waals surface area contributed by atoms with E-state index in [4.69, 9.17) is 0 Å². The van der Waals surface area contributed by atoms with Gasteiger partial charge in [0, 0.05) is 30.9 Å². The van der Waals surface area contributed by atoms with Gasteiger partial charge in [0.25, 0.3) is 0 Å². The number of rotatable bonds is 5. The second-order valence-corrected chi connectivity index (χ2v) is 7.99. The van der Waals surface area contributed by atoms with E-state index in [2.05, 4.69) is 20.6 Å². The molecule has 6 nitrogen and oxygen atoms in total. The van der Waals surface area contributed by atoms with E-state index in [0.717, 1.165) is 34.2 Å². The zero-order valence-corrected chi connectivity index (χ0v) is 15.5. The fourth-order valence-corrected chi connectivity index (χ4v) is 4.87. The summed E-state index contributed by atoms with van der Waals surface area (Å²) >= 11 is 3.01. The molecule has 1 aliphatic rings. The molecule has 2 heterocycles. The van der Waals surface area contributed by atoms with Gasteiger partial charge in [-0.3, -0.25) is 4.79 Å². The number of hydrogen-bond donors (Lipinski definition) is 3. The zero-order valence-electron chi connectivity index (χ0n) is 13.8. The summed E-state index contributed by atoms with van der Waals surface area (Å²) in [4.78, 5) is 21.2. The van der Waals surface area contributed by atoms with Crippen molar-refractivity contribution >= 4 is 38.8 Å². The molecule has 3 rings (SSSR count). The third-order valence-corrected chi connectivity index (χ3v) is 6.14. The fourth-order valence-electron chi connectivity index (χ4n) is 3.06. The van der Waals surface area contributed by atoms with Gasteiger partial charge in [-0.15, -0.1) is 11.3 Å². The summed E-state index contributed by atoms with van der Waals surface area (Å²) in [6.07, 6.45) is 4.53. The monoisotopic (exact) mass is 366 g/mol. The molecule has 1 saturated carbocycles. The van der Waals surface area contributed by atoms with Crippen LogP contribution < -0.4 is 10.6 Å². The SMILES string of the molecule is CC(=O)Nc1nc(C)c(-c2csc(N[C@@H]3CCCC[C@@H]3CO)n2)s1. The normalized spacial score (nSPS) is 20.8. The molecule has 0 bridgehead atoms. The van der Waals surface area contributed by atoms with Crippen LogP contribution in [0.2, 0.25) is 0 Å². The molecule has 0 saturated heterocycles. The van der Waals surface area contributed by atoms with Gasteiger partial charge >= 0.3 is 0 Å². The maximum absolute atomic E-state index is 11.2. The van der Waals surface area contributed by atoms with E-state index in [9.17, 15) is 9.90 Å². The minimum absolute atomic E-state index is 0.122. The summed E-state index contributed by atoms with van der Waals surface area (Å²) in [5, 5.41) is 19.2. The highest BCUT2D eigenvalue weighted by Gasteiger charge is 2.25. The Kier molecular flexibility index (Phi) is 5.47. The summed E-state index contributed by atoms with van der Waals surface area (Å²) in [7, 11) is 0. The number of aryl methyl sites for hydroxylation is 1. The van der Waals surface area contributed by atoms with Crippen LogP contribution in [-0.2, 0) is 4.79 Å². The Bertz CT molecular complexity index is 713. The Morgan fingerprint density at radius 3 is 2.88 bits per heavy atom. The Hall–Kier alpha value is -1.51. The van der Waals surface area contributed by atoms with Crippen LogP contribution in [0.1, 0.15) is 38.3 Å². The van der Waals surface area contributed by atoms with Gasteiger partial charge in [0.1, 0.15) is 0 Å². The number of carbonyl (C=O) groups is 1. The van der Waals surface area contributed by atoms with E-state index in [0.29, 0.717) is 17.1 Å². The van der Waals surface area contributed by atoms with Crippen molar-refractivity contribution in [1.29, 1.82) is 0 Å². The van der Waals surface area contributed by atoms with Crippen molar-refractivity contribution in [2.45, 2.75) is 45.6 Å². The van der Waals surface area contributed by atoms with Crippen molar-refractivity contribution in [3.63, 3.8) is 0 Å². The number of hydrogen-bond acceptors (Lipinski definition) is 7. The molecular formula is C16H22N4O2S2. The second-order valence-electron chi connectivity index (χ2n) is 6.13. The lowest BCUT2D eigenvalue weighted by atomic mass is 9.85. The smallest absolute Gasteiger partial charge is 0.223 e. The molecule has 2 aromatic heterocycles. The van der Waals surface area contributed by atoms with E-state index in [1.807, 2.05) is 12.3 Å². The Morgan fingerprint density at radius 1 is 1.33 bits per heavy atom. The number of aromatic nitrogens is 2. The maximum Gasteiger partial charge on any atom is 0.223 e. The van der Waals surface area contributed by atoms with Gasteiger partial charge in [-0.25, -0.2) is 9.97 Å². The number of aliphatic hydroxyl groups excluding tert-OH is 1. The Balaban J connectivity index is 1.73. The van der Waals surface area contributed by atoms with Crippen LogP contribution in [0.4, 0.5) is 10.3 Å². The predicted molar refractivity (Wildman–Crippen MR) is 98.7 cm³/mol. The molecule has 0 radical (unpaired) electrons. The number of nitrogens with zero attached hydrogens (tertiary/aromatic N) is 2. The van der Waals surface area contributed by atoms with Crippen molar-refractivity contribution in [2.24, 2.45) is 5.92 Å². The van der Waals surface area contributed by atoms with Gasteiger partial charge in [-0.1, -0.05) is 24.2 Å². The number of thiazole rings is 2. The van der Waals surface area contributed by atoms with Gasteiger partial charge < -0.3 is 15.7 Å². The molecule has 2 atom stereocenters. The van der Waals surface area contributed by atoms with Crippen LogP contribution in [0.5, 0.6) is 0 Å². The Labute approximate surface area is 149 Å². The first kappa shape index (κ1) is 17.3. The average molecular weight is 367 g/mol. The highest BCUT2D eigenvalue weighted by molar-refractivity contribution is 7.19. The molecule has 24 heavy (non-hydrogen) atoms. The van der Waals surface area contributed by atoms with Crippen molar-refractivity contribution < 1.29 is 9.90 Å². The largest absolute Gasteiger partial charge is 0.396 e. The third-order valence-electron chi connectivity index (χ3n) is 4.27. The van der Waals surface area contributed by atoms with Crippen molar-refractivity contribution in [3.05, 3.63) is 11.1 Å². The lowest BCUT2D eigenvalue weighted by molar-refractivity contribution is -0.114. The van der Waals surface area contributed by atoms with Crippen LogP contribution in [0, 0.1) is 12.8 Å². The lowest BCUT2D eigenvalue weighted by Crippen LogP contribution is -2.34. The van der Waals surface area contributed by atoms with E-state index in [1.165, 1.54) is 31.1 Å². The average Bonchev–Trinajstić information content (AvgIpc) is 3.14. The molecule has 1 fully saturated rings. The van der Waals surface area contributed by atoms with Crippen LogP contribution in [-0.4, -0.2) is 33.6 Å². The highest BCUT2D eigenvalue weighted by atomic mass is 32.1. The van der Waals surface area contributed by atoms with E-state index >= 15 is 0 Å². The third kappa shape index (κ3) is 3.93. The summed E-state index contributed by atoms with van der Waals surface area (Å²) in [6, 6.07) is 0.292. The number of aliphatic hydroxyl groups is 1. The second kappa shape index (κ2) is 7.58. The molecule has 130 valence electrons. The molecule has 2 aromatic rings. The summed E-state index contributed by atoms with van der Waals surface area (Å²) in [5.74, 6) is 0.186. The highest BCUT2D eigenvalue weighted by Crippen LogP contribution is 2.35. The Morgan fingerprint density at radius 2 is 2.12 bits per heavy atom. The fraction of sp³-hybridized carbons (Fsp3) is 0.562. The van der Waals surface area contributed by atoms with Crippen LogP contribution >= 0.6 is 22.7 Å². The molecule has 0 unspecified atom stereocenters. The van der Waals surface area contributed by atoms with Crippen LogP contribution in [0.15, 0.2) is 5.38 Å². The number of carbonyl (C=O) groups excluding carboxylic acids is 1. The summed E-state index contributed by atoms with van der Waals surface area (Å²) < 4.78 is 0. The van der Waals surface area contributed by atoms with Gasteiger partial charge in [0.2, 0.25) is 5.91 Å². The molecule has 0 aliphatic heterocycles. The van der Waals surface area contributed by atoms with Gasteiger partial charge in [0.05, 0.1) is 16.3 Å². The molecule has 8 heteroatoms. The van der Waals surface area contributed by atoms with Gasteiger partial charge in [-0.2, -0.15) is 0 Å².